The summed E-state index contributed by atoms with van der Waals surface area (Å²) in [6, 6.07) is 4.12. The van der Waals surface area contributed by atoms with Crippen molar-refractivity contribution in [2.24, 2.45) is 0 Å². The minimum Gasteiger partial charge on any atom is -0.412 e. The maximum absolute atomic E-state index is 6.49. The number of nitrogens with zero attached hydrogens (tertiary/aromatic N) is 2. The molecule has 1 saturated heterocycles. The Hall–Kier alpha value is -0.873. The quantitative estimate of drug-likeness (QED) is 0.789. The maximum atomic E-state index is 6.49. The summed E-state index contributed by atoms with van der Waals surface area (Å²) in [4.78, 5) is 6.57. The van der Waals surface area contributed by atoms with E-state index in [0.29, 0.717) is 6.10 Å². The average Bonchev–Trinajstić information content (AvgIpc) is 2.76. The number of pyridine rings is 1. The van der Waals surface area contributed by atoms with Gasteiger partial charge in [0.05, 0.1) is 18.0 Å². The molecule has 2 heterocycles. The van der Waals surface area contributed by atoms with Crippen molar-refractivity contribution in [3.05, 3.63) is 24.5 Å². The summed E-state index contributed by atoms with van der Waals surface area (Å²) in [5.41, 5.74) is 1.21. The number of rotatable bonds is 3. The fraction of sp³-hybridized carbons (Fsp3) is 0.667. The molecule has 0 N–H and O–H groups in total. The van der Waals surface area contributed by atoms with Crippen LogP contribution in [-0.4, -0.2) is 32.5 Å². The van der Waals surface area contributed by atoms with Crippen molar-refractivity contribution in [2.45, 2.75) is 51.4 Å². The van der Waals surface area contributed by atoms with Gasteiger partial charge in [0.15, 0.2) is 8.32 Å². The van der Waals surface area contributed by atoms with Crippen LogP contribution in [0.3, 0.4) is 0 Å². The van der Waals surface area contributed by atoms with Gasteiger partial charge in [-0.3, -0.25) is 4.98 Å². The first-order chi connectivity index (χ1) is 8.79. The molecule has 2 rings (SSSR count). The molecule has 1 aromatic heterocycles. The molecule has 1 aliphatic heterocycles. The molecule has 106 valence electrons. The summed E-state index contributed by atoms with van der Waals surface area (Å²) < 4.78 is 6.49. The van der Waals surface area contributed by atoms with Crippen molar-refractivity contribution in [1.82, 2.24) is 4.98 Å². The zero-order chi connectivity index (χ0) is 14.1. The highest BCUT2D eigenvalue weighted by atomic mass is 28.4. The second-order valence-electron chi connectivity index (χ2n) is 6.95. The van der Waals surface area contributed by atoms with E-state index in [9.17, 15) is 0 Å². The highest BCUT2D eigenvalue weighted by molar-refractivity contribution is 6.74. The van der Waals surface area contributed by atoms with Crippen LogP contribution in [0.25, 0.3) is 0 Å². The van der Waals surface area contributed by atoms with Crippen LogP contribution >= 0.6 is 0 Å². The molecule has 4 heteroatoms. The Morgan fingerprint density at radius 2 is 2.11 bits per heavy atom. The van der Waals surface area contributed by atoms with Crippen molar-refractivity contribution in [1.29, 1.82) is 0 Å². The van der Waals surface area contributed by atoms with Gasteiger partial charge in [-0.1, -0.05) is 20.8 Å². The zero-order valence-corrected chi connectivity index (χ0v) is 13.8. The molecule has 0 radical (unpaired) electrons. The summed E-state index contributed by atoms with van der Waals surface area (Å²) >= 11 is 0. The Morgan fingerprint density at radius 3 is 2.68 bits per heavy atom. The van der Waals surface area contributed by atoms with E-state index < -0.39 is 8.32 Å². The van der Waals surface area contributed by atoms with Gasteiger partial charge in [0, 0.05) is 19.3 Å². The predicted molar refractivity (Wildman–Crippen MR) is 83.1 cm³/mol. The van der Waals surface area contributed by atoms with Crippen molar-refractivity contribution < 1.29 is 4.43 Å². The summed E-state index contributed by atoms with van der Waals surface area (Å²) in [6.45, 7) is 13.6. The van der Waals surface area contributed by atoms with Crippen molar-refractivity contribution in [3.63, 3.8) is 0 Å². The van der Waals surface area contributed by atoms with E-state index in [2.05, 4.69) is 49.8 Å². The van der Waals surface area contributed by atoms with Crippen molar-refractivity contribution >= 4 is 14.0 Å². The Bertz CT molecular complexity index is 414. The van der Waals surface area contributed by atoms with Crippen LogP contribution < -0.4 is 4.90 Å². The molecular formula is C15H26N2OSi. The second kappa shape index (κ2) is 5.25. The van der Waals surface area contributed by atoms with Crippen LogP contribution in [-0.2, 0) is 4.43 Å². The molecule has 0 aromatic carbocycles. The molecule has 0 saturated carbocycles. The molecule has 1 aliphatic rings. The first-order valence-corrected chi connectivity index (χ1v) is 10.0. The van der Waals surface area contributed by atoms with Crippen molar-refractivity contribution in [3.8, 4) is 0 Å². The number of hydrogen-bond acceptors (Lipinski definition) is 3. The highest BCUT2D eigenvalue weighted by Gasteiger charge is 2.40. The molecule has 0 spiro atoms. The Morgan fingerprint density at radius 1 is 1.37 bits per heavy atom. The predicted octanol–water partition coefficient (Wildman–Crippen LogP) is 3.68. The molecule has 3 nitrogen and oxygen atoms in total. The van der Waals surface area contributed by atoms with E-state index in [4.69, 9.17) is 4.43 Å². The van der Waals surface area contributed by atoms with E-state index in [0.717, 1.165) is 19.5 Å². The fourth-order valence-corrected chi connectivity index (χ4v) is 3.57. The molecule has 1 aromatic rings. The summed E-state index contributed by atoms with van der Waals surface area (Å²) in [7, 11) is -1.64. The van der Waals surface area contributed by atoms with Gasteiger partial charge >= 0.3 is 0 Å². The molecule has 0 unspecified atom stereocenters. The van der Waals surface area contributed by atoms with Crippen LogP contribution in [0.15, 0.2) is 24.5 Å². The largest absolute Gasteiger partial charge is 0.412 e. The lowest BCUT2D eigenvalue weighted by Crippen LogP contribution is -2.44. The standard InChI is InChI=1S/C15H26N2OSi/c1-15(2,3)19(4,5)18-14-8-10-17(12-14)13-7-6-9-16-11-13/h6-7,9,11,14H,8,10,12H2,1-5H3/t14-/m1/s1. The first kappa shape index (κ1) is 14.5. The van der Waals surface area contributed by atoms with Crippen LogP contribution in [0.2, 0.25) is 18.1 Å². The van der Waals surface area contributed by atoms with Crippen molar-refractivity contribution in [2.75, 3.05) is 18.0 Å². The van der Waals surface area contributed by atoms with Gasteiger partial charge in [-0.05, 0) is 36.7 Å². The Labute approximate surface area is 118 Å². The summed E-state index contributed by atoms with van der Waals surface area (Å²) in [5, 5.41) is 0.286. The van der Waals surface area contributed by atoms with Gasteiger partial charge in [-0.15, -0.1) is 0 Å². The number of anilines is 1. The highest BCUT2D eigenvalue weighted by Crippen LogP contribution is 2.38. The van der Waals surface area contributed by atoms with E-state index in [1.165, 1.54) is 5.69 Å². The van der Waals surface area contributed by atoms with Gasteiger partial charge in [-0.25, -0.2) is 0 Å². The van der Waals surface area contributed by atoms with E-state index in [1.807, 2.05) is 18.5 Å². The van der Waals surface area contributed by atoms with E-state index in [1.54, 1.807) is 0 Å². The first-order valence-electron chi connectivity index (χ1n) is 7.12. The van der Waals surface area contributed by atoms with E-state index in [-0.39, 0.29) is 5.04 Å². The second-order valence-corrected chi connectivity index (χ2v) is 11.7. The topological polar surface area (TPSA) is 25.4 Å². The lowest BCUT2D eigenvalue weighted by Gasteiger charge is -2.38. The SMILES string of the molecule is CC(C)(C)[Si](C)(C)O[C@@H]1CCN(c2cccnc2)C1. The smallest absolute Gasteiger partial charge is 0.192 e. The summed E-state index contributed by atoms with van der Waals surface area (Å²) in [5.74, 6) is 0. The zero-order valence-electron chi connectivity index (χ0n) is 12.8. The Balaban J connectivity index is 1.96. The van der Waals surface area contributed by atoms with Crippen LogP contribution in [0.5, 0.6) is 0 Å². The third-order valence-corrected chi connectivity index (χ3v) is 8.96. The molecule has 1 fully saturated rings. The lowest BCUT2D eigenvalue weighted by molar-refractivity contribution is 0.202. The van der Waals surface area contributed by atoms with Crippen LogP contribution in [0, 0.1) is 0 Å². The number of aromatic nitrogens is 1. The molecule has 19 heavy (non-hydrogen) atoms. The average molecular weight is 278 g/mol. The van der Waals surface area contributed by atoms with Gasteiger partial charge < -0.3 is 9.33 Å². The molecule has 0 aliphatic carbocycles. The normalized spacial score (nSPS) is 20.9. The Kier molecular flexibility index (Phi) is 4.02. The number of hydrogen-bond donors (Lipinski definition) is 0. The van der Waals surface area contributed by atoms with Gasteiger partial charge in [0.1, 0.15) is 0 Å². The third kappa shape index (κ3) is 3.36. The fourth-order valence-electron chi connectivity index (χ4n) is 2.19. The molecule has 1 atom stereocenters. The molecule has 0 amide bonds. The molecular weight excluding hydrogens is 252 g/mol. The summed E-state index contributed by atoms with van der Waals surface area (Å²) in [6.07, 6.45) is 5.26. The van der Waals surface area contributed by atoms with Crippen LogP contribution in [0.1, 0.15) is 27.2 Å². The molecule has 0 bridgehead atoms. The maximum Gasteiger partial charge on any atom is 0.192 e. The monoisotopic (exact) mass is 278 g/mol. The van der Waals surface area contributed by atoms with E-state index >= 15 is 0 Å². The van der Waals surface area contributed by atoms with Gasteiger partial charge in [0.2, 0.25) is 0 Å². The van der Waals surface area contributed by atoms with Gasteiger partial charge in [0.25, 0.3) is 0 Å². The third-order valence-electron chi connectivity index (χ3n) is 4.42. The lowest BCUT2D eigenvalue weighted by atomic mass is 10.2. The van der Waals surface area contributed by atoms with Crippen LogP contribution in [0.4, 0.5) is 5.69 Å². The van der Waals surface area contributed by atoms with Gasteiger partial charge in [-0.2, -0.15) is 0 Å². The minimum atomic E-state index is -1.64. The minimum absolute atomic E-state index is 0.286.